The number of hydrogen-bond acceptors (Lipinski definition) is 6. The zero-order valence-corrected chi connectivity index (χ0v) is 16.7. The highest BCUT2D eigenvalue weighted by atomic mass is 16.6. The molecular formula is C21H22N4O5. The summed E-state index contributed by atoms with van der Waals surface area (Å²) in [7, 11) is 1.51. The topological polar surface area (TPSA) is 112 Å². The molecule has 30 heavy (non-hydrogen) atoms. The Morgan fingerprint density at radius 2 is 1.77 bits per heavy atom. The quantitative estimate of drug-likeness (QED) is 0.579. The van der Waals surface area contributed by atoms with Gasteiger partial charge in [0.05, 0.1) is 17.5 Å². The van der Waals surface area contributed by atoms with Crippen LogP contribution in [0.3, 0.4) is 0 Å². The zero-order chi connectivity index (χ0) is 21.5. The molecule has 0 saturated heterocycles. The van der Waals surface area contributed by atoms with Crippen molar-refractivity contribution in [2.45, 2.75) is 13.5 Å². The number of para-hydroxylation sites is 1. The maximum atomic E-state index is 12.7. The Balaban J connectivity index is 1.68. The number of aromatic nitrogens is 2. The molecule has 0 fully saturated rings. The van der Waals surface area contributed by atoms with Gasteiger partial charge in [-0.05, 0) is 37.3 Å². The van der Waals surface area contributed by atoms with Crippen molar-refractivity contribution in [3.63, 3.8) is 0 Å². The van der Waals surface area contributed by atoms with Gasteiger partial charge >= 0.3 is 6.09 Å². The molecule has 0 saturated carbocycles. The van der Waals surface area contributed by atoms with Gasteiger partial charge < -0.3 is 14.8 Å². The average molecular weight is 410 g/mol. The third kappa shape index (κ3) is 5.21. The molecule has 2 amide bonds. The molecule has 0 bridgehead atoms. The van der Waals surface area contributed by atoms with E-state index in [-0.39, 0.29) is 18.7 Å². The lowest BCUT2D eigenvalue weighted by molar-refractivity contribution is -0.116. The van der Waals surface area contributed by atoms with Gasteiger partial charge in [0.2, 0.25) is 5.91 Å². The standard InChI is InChI=1S/C21H22N4O5/c1-14-22-18-9-4-3-8-17(18)20(27)25(14)13-19(26)23-15-6-5-7-16(12-15)24-21(28)30-11-10-29-2/h3-9,12H,10-11,13H2,1-2H3,(H,23,26)(H,24,28). The molecule has 0 unspecified atom stereocenters. The molecule has 0 radical (unpaired) electrons. The van der Waals surface area contributed by atoms with Crippen LogP contribution in [0.25, 0.3) is 10.9 Å². The van der Waals surface area contributed by atoms with Gasteiger partial charge in [-0.1, -0.05) is 18.2 Å². The predicted octanol–water partition coefficient (Wildman–Crippen LogP) is 2.54. The van der Waals surface area contributed by atoms with Crippen molar-refractivity contribution in [1.82, 2.24) is 9.55 Å². The maximum Gasteiger partial charge on any atom is 0.411 e. The van der Waals surface area contributed by atoms with E-state index in [1.54, 1.807) is 55.5 Å². The lowest BCUT2D eigenvalue weighted by Gasteiger charge is -2.12. The first-order chi connectivity index (χ1) is 14.5. The molecule has 1 heterocycles. The Kier molecular flexibility index (Phi) is 6.76. The van der Waals surface area contributed by atoms with Gasteiger partial charge in [0.25, 0.3) is 5.56 Å². The number of methoxy groups -OCH3 is 1. The summed E-state index contributed by atoms with van der Waals surface area (Å²) < 4.78 is 11.1. The molecule has 9 heteroatoms. The van der Waals surface area contributed by atoms with E-state index in [0.29, 0.717) is 34.7 Å². The molecule has 1 aromatic heterocycles. The number of fused-ring (bicyclic) bond motifs is 1. The number of ether oxygens (including phenoxy) is 2. The van der Waals surface area contributed by atoms with E-state index in [1.165, 1.54) is 11.7 Å². The predicted molar refractivity (Wildman–Crippen MR) is 113 cm³/mol. The molecule has 156 valence electrons. The SMILES string of the molecule is COCCOC(=O)Nc1cccc(NC(=O)Cn2c(C)nc3ccccc3c2=O)c1. The fourth-order valence-corrected chi connectivity index (χ4v) is 2.86. The van der Waals surface area contributed by atoms with Gasteiger partial charge in [-0.2, -0.15) is 0 Å². The number of hydrogen-bond donors (Lipinski definition) is 2. The minimum Gasteiger partial charge on any atom is -0.447 e. The first-order valence-electron chi connectivity index (χ1n) is 9.27. The van der Waals surface area contributed by atoms with Gasteiger partial charge in [0.15, 0.2) is 0 Å². The average Bonchev–Trinajstić information content (AvgIpc) is 2.71. The van der Waals surface area contributed by atoms with Crippen LogP contribution in [0.4, 0.5) is 16.2 Å². The van der Waals surface area contributed by atoms with Crippen LogP contribution >= 0.6 is 0 Å². The van der Waals surface area contributed by atoms with Crippen LogP contribution < -0.4 is 16.2 Å². The summed E-state index contributed by atoms with van der Waals surface area (Å²) >= 11 is 0. The molecule has 0 aliphatic heterocycles. The Bertz CT molecular complexity index is 1130. The van der Waals surface area contributed by atoms with Crippen molar-refractivity contribution in [3.8, 4) is 0 Å². The molecule has 2 N–H and O–H groups in total. The van der Waals surface area contributed by atoms with E-state index in [2.05, 4.69) is 15.6 Å². The van der Waals surface area contributed by atoms with Crippen molar-refractivity contribution in [2.24, 2.45) is 0 Å². The summed E-state index contributed by atoms with van der Waals surface area (Å²) in [6.45, 7) is 1.93. The normalized spacial score (nSPS) is 10.6. The third-order valence-corrected chi connectivity index (χ3v) is 4.27. The fraction of sp³-hybridized carbons (Fsp3) is 0.238. The highest BCUT2D eigenvalue weighted by molar-refractivity contribution is 5.92. The monoisotopic (exact) mass is 410 g/mol. The van der Waals surface area contributed by atoms with E-state index >= 15 is 0 Å². The zero-order valence-electron chi connectivity index (χ0n) is 16.7. The van der Waals surface area contributed by atoms with Crippen molar-refractivity contribution in [1.29, 1.82) is 0 Å². The van der Waals surface area contributed by atoms with Crippen LogP contribution in [0.15, 0.2) is 53.3 Å². The van der Waals surface area contributed by atoms with Gasteiger partial charge in [0.1, 0.15) is 19.0 Å². The van der Waals surface area contributed by atoms with E-state index in [4.69, 9.17) is 9.47 Å². The summed E-state index contributed by atoms with van der Waals surface area (Å²) in [6, 6.07) is 13.6. The van der Waals surface area contributed by atoms with Crippen molar-refractivity contribution in [2.75, 3.05) is 31.0 Å². The highest BCUT2D eigenvalue weighted by Gasteiger charge is 2.12. The number of nitrogens with one attached hydrogen (secondary N) is 2. The van der Waals surface area contributed by atoms with Crippen LogP contribution in [0.1, 0.15) is 5.82 Å². The molecular weight excluding hydrogens is 388 g/mol. The summed E-state index contributed by atoms with van der Waals surface area (Å²) in [5.74, 6) is 0.0557. The van der Waals surface area contributed by atoms with Crippen LogP contribution in [0.5, 0.6) is 0 Å². The second-order valence-electron chi connectivity index (χ2n) is 6.45. The molecule has 3 aromatic rings. The van der Waals surface area contributed by atoms with Crippen LogP contribution in [0, 0.1) is 6.92 Å². The number of aryl methyl sites for hydroxylation is 1. The number of carbonyl (C=O) groups excluding carboxylic acids is 2. The largest absolute Gasteiger partial charge is 0.447 e. The number of rotatable bonds is 7. The van der Waals surface area contributed by atoms with Crippen molar-refractivity contribution < 1.29 is 19.1 Å². The molecule has 2 aromatic carbocycles. The van der Waals surface area contributed by atoms with E-state index in [0.717, 1.165) is 0 Å². The van der Waals surface area contributed by atoms with Gasteiger partial charge in [-0.3, -0.25) is 19.5 Å². The lowest BCUT2D eigenvalue weighted by Crippen LogP contribution is -2.30. The van der Waals surface area contributed by atoms with Crippen molar-refractivity contribution >= 4 is 34.3 Å². The van der Waals surface area contributed by atoms with Crippen molar-refractivity contribution in [3.05, 3.63) is 64.7 Å². The van der Waals surface area contributed by atoms with Crippen LogP contribution in [-0.4, -0.2) is 41.9 Å². The number of amides is 2. The second-order valence-corrected chi connectivity index (χ2v) is 6.45. The highest BCUT2D eigenvalue weighted by Crippen LogP contribution is 2.15. The first kappa shape index (κ1) is 21.0. The van der Waals surface area contributed by atoms with Crippen LogP contribution in [-0.2, 0) is 20.8 Å². The second kappa shape index (κ2) is 9.66. The Hall–Kier alpha value is -3.72. The Morgan fingerprint density at radius 1 is 1.03 bits per heavy atom. The minimum absolute atomic E-state index is 0.132. The number of anilines is 2. The molecule has 0 aliphatic carbocycles. The molecule has 0 spiro atoms. The summed E-state index contributed by atoms with van der Waals surface area (Å²) in [5, 5.41) is 5.74. The minimum atomic E-state index is -0.625. The summed E-state index contributed by atoms with van der Waals surface area (Å²) in [6.07, 6.45) is -0.625. The molecule has 3 rings (SSSR count). The van der Waals surface area contributed by atoms with E-state index in [1.807, 2.05) is 0 Å². The smallest absolute Gasteiger partial charge is 0.411 e. The van der Waals surface area contributed by atoms with Gasteiger partial charge in [0, 0.05) is 18.5 Å². The van der Waals surface area contributed by atoms with E-state index < -0.39 is 12.0 Å². The Morgan fingerprint density at radius 3 is 2.53 bits per heavy atom. The summed E-state index contributed by atoms with van der Waals surface area (Å²) in [4.78, 5) is 41.3. The number of carbonyl (C=O) groups is 2. The number of benzene rings is 2. The Labute approximate surface area is 172 Å². The lowest BCUT2D eigenvalue weighted by atomic mass is 10.2. The first-order valence-corrected chi connectivity index (χ1v) is 9.27. The molecule has 9 nitrogen and oxygen atoms in total. The molecule has 0 aliphatic rings. The molecule has 0 atom stereocenters. The van der Waals surface area contributed by atoms with E-state index in [9.17, 15) is 14.4 Å². The van der Waals surface area contributed by atoms with Gasteiger partial charge in [-0.25, -0.2) is 9.78 Å². The maximum absolute atomic E-state index is 12.7. The van der Waals surface area contributed by atoms with Gasteiger partial charge in [-0.15, -0.1) is 0 Å². The number of nitrogens with zero attached hydrogens (tertiary/aromatic N) is 2. The summed E-state index contributed by atoms with van der Waals surface area (Å²) in [5.41, 5.74) is 1.24. The van der Waals surface area contributed by atoms with Crippen LogP contribution in [0.2, 0.25) is 0 Å². The fourth-order valence-electron chi connectivity index (χ4n) is 2.86. The third-order valence-electron chi connectivity index (χ3n) is 4.27.